The predicted octanol–water partition coefficient (Wildman–Crippen LogP) is 4.22. The summed E-state index contributed by atoms with van der Waals surface area (Å²) in [4.78, 5) is 0. The summed E-state index contributed by atoms with van der Waals surface area (Å²) in [6, 6.07) is 0. The molecule has 1 aliphatic carbocycles. The van der Waals surface area contributed by atoms with Crippen LogP contribution in [0.1, 0.15) is 51.9 Å². The maximum Gasteiger partial charge on any atom is 0.0251 e. The van der Waals surface area contributed by atoms with E-state index in [-0.39, 0.29) is 0 Å². The van der Waals surface area contributed by atoms with Crippen molar-refractivity contribution < 1.29 is 0 Å². The Morgan fingerprint density at radius 1 is 1.33 bits per heavy atom. The van der Waals surface area contributed by atoms with E-state index in [1.54, 1.807) is 0 Å². The van der Waals surface area contributed by atoms with Crippen LogP contribution in [0.4, 0.5) is 0 Å². The van der Waals surface area contributed by atoms with Crippen molar-refractivity contribution in [1.29, 1.82) is 0 Å². The Balaban J connectivity index is 2.06. The van der Waals surface area contributed by atoms with Crippen molar-refractivity contribution >= 4 is 11.6 Å². The lowest BCUT2D eigenvalue weighted by Gasteiger charge is -2.14. The monoisotopic (exact) mass is 188 g/mol. The normalized spacial score (nSPS) is 21.5. The minimum absolute atomic E-state index is 0.785. The third-order valence-corrected chi connectivity index (χ3v) is 3.69. The van der Waals surface area contributed by atoms with Crippen LogP contribution in [-0.4, -0.2) is 5.88 Å². The summed E-state index contributed by atoms with van der Waals surface area (Å²) in [5.41, 5.74) is 0. The van der Waals surface area contributed by atoms with Gasteiger partial charge in [-0.1, -0.05) is 45.4 Å². The second-order valence-corrected chi connectivity index (χ2v) is 4.47. The molecule has 1 heteroatoms. The van der Waals surface area contributed by atoms with Crippen molar-refractivity contribution in [2.24, 2.45) is 11.8 Å². The molecule has 0 aromatic rings. The molecule has 0 amide bonds. The molecule has 1 atom stereocenters. The minimum Gasteiger partial charge on any atom is -0.126 e. The molecule has 0 aliphatic heterocycles. The Labute approximate surface area is 81.7 Å². The maximum absolute atomic E-state index is 5.85. The SMILES string of the molecule is CCC(CCl)CCC1CCCC1. The quantitative estimate of drug-likeness (QED) is 0.567. The van der Waals surface area contributed by atoms with Gasteiger partial charge in [0.25, 0.3) is 0 Å². The summed E-state index contributed by atoms with van der Waals surface area (Å²) in [5.74, 6) is 2.69. The number of hydrogen-bond donors (Lipinski definition) is 0. The summed E-state index contributed by atoms with van der Waals surface area (Å²) in [5, 5.41) is 0. The molecule has 72 valence electrons. The van der Waals surface area contributed by atoms with E-state index in [0.717, 1.165) is 17.7 Å². The van der Waals surface area contributed by atoms with Crippen molar-refractivity contribution in [3.8, 4) is 0 Å². The Hall–Kier alpha value is 0.290. The fourth-order valence-electron chi connectivity index (χ4n) is 2.16. The smallest absolute Gasteiger partial charge is 0.0251 e. The fourth-order valence-corrected chi connectivity index (χ4v) is 2.53. The number of alkyl halides is 1. The minimum atomic E-state index is 0.785. The van der Waals surface area contributed by atoms with Gasteiger partial charge in [0.15, 0.2) is 0 Å². The summed E-state index contributed by atoms with van der Waals surface area (Å²) >= 11 is 5.85. The molecule has 1 fully saturated rings. The first-order valence-electron chi connectivity index (χ1n) is 5.42. The molecule has 0 aromatic heterocycles. The molecule has 0 saturated heterocycles. The highest BCUT2D eigenvalue weighted by Crippen LogP contribution is 2.30. The van der Waals surface area contributed by atoms with Crippen molar-refractivity contribution in [3.63, 3.8) is 0 Å². The molecule has 1 unspecified atom stereocenters. The van der Waals surface area contributed by atoms with Crippen LogP contribution in [0, 0.1) is 11.8 Å². The van der Waals surface area contributed by atoms with Crippen molar-refractivity contribution in [3.05, 3.63) is 0 Å². The number of rotatable bonds is 5. The van der Waals surface area contributed by atoms with E-state index in [1.807, 2.05) is 0 Å². The topological polar surface area (TPSA) is 0 Å². The lowest BCUT2D eigenvalue weighted by atomic mass is 9.94. The molecule has 0 spiro atoms. The van der Waals surface area contributed by atoms with Gasteiger partial charge in [-0.05, 0) is 18.3 Å². The zero-order valence-corrected chi connectivity index (χ0v) is 8.95. The highest BCUT2D eigenvalue weighted by molar-refractivity contribution is 6.18. The molecule has 0 aromatic carbocycles. The molecular formula is C11H21Cl. The standard InChI is InChI=1S/C11H21Cl/c1-2-10(9-12)7-8-11-5-3-4-6-11/h10-11H,2-9H2,1H3. The average molecular weight is 189 g/mol. The van der Waals surface area contributed by atoms with Gasteiger partial charge in [-0.3, -0.25) is 0 Å². The molecule has 1 aliphatic rings. The highest BCUT2D eigenvalue weighted by Gasteiger charge is 2.16. The van der Waals surface area contributed by atoms with Crippen molar-refractivity contribution in [2.45, 2.75) is 51.9 Å². The molecule has 12 heavy (non-hydrogen) atoms. The van der Waals surface area contributed by atoms with Gasteiger partial charge in [-0.15, -0.1) is 11.6 Å². The van der Waals surface area contributed by atoms with Crippen molar-refractivity contribution in [2.75, 3.05) is 5.88 Å². The number of hydrogen-bond acceptors (Lipinski definition) is 0. The first-order valence-corrected chi connectivity index (χ1v) is 5.96. The van der Waals surface area contributed by atoms with Gasteiger partial charge in [-0.2, -0.15) is 0 Å². The Bertz CT molecular complexity index is 99.6. The van der Waals surface area contributed by atoms with Crippen LogP contribution < -0.4 is 0 Å². The molecule has 0 N–H and O–H groups in total. The number of halogens is 1. The predicted molar refractivity (Wildman–Crippen MR) is 55.7 cm³/mol. The Morgan fingerprint density at radius 2 is 2.00 bits per heavy atom. The van der Waals surface area contributed by atoms with Gasteiger partial charge in [0.1, 0.15) is 0 Å². The van der Waals surface area contributed by atoms with E-state index in [4.69, 9.17) is 11.6 Å². The molecule has 0 nitrogen and oxygen atoms in total. The average Bonchev–Trinajstić information content (AvgIpc) is 2.59. The second kappa shape index (κ2) is 5.85. The molecule has 1 saturated carbocycles. The summed E-state index contributed by atoms with van der Waals surface area (Å²) < 4.78 is 0. The van der Waals surface area contributed by atoms with Crippen LogP contribution in [0.3, 0.4) is 0 Å². The second-order valence-electron chi connectivity index (χ2n) is 4.16. The highest BCUT2D eigenvalue weighted by atomic mass is 35.5. The maximum atomic E-state index is 5.85. The first-order chi connectivity index (χ1) is 5.86. The van der Waals surface area contributed by atoms with Crippen LogP contribution in [0.15, 0.2) is 0 Å². The van der Waals surface area contributed by atoms with Crippen LogP contribution in [0.5, 0.6) is 0 Å². The van der Waals surface area contributed by atoms with Crippen LogP contribution in [0.2, 0.25) is 0 Å². The van der Waals surface area contributed by atoms with Gasteiger partial charge < -0.3 is 0 Å². The lowest BCUT2D eigenvalue weighted by molar-refractivity contribution is 0.411. The zero-order chi connectivity index (χ0) is 8.81. The Kier molecular flexibility index (Phi) is 5.06. The van der Waals surface area contributed by atoms with E-state index in [2.05, 4.69) is 6.92 Å². The van der Waals surface area contributed by atoms with Crippen LogP contribution in [-0.2, 0) is 0 Å². The molecule has 0 radical (unpaired) electrons. The van der Waals surface area contributed by atoms with E-state index in [9.17, 15) is 0 Å². The summed E-state index contributed by atoms with van der Waals surface area (Å²) in [7, 11) is 0. The molecule has 1 rings (SSSR count). The third-order valence-electron chi connectivity index (χ3n) is 3.25. The summed E-state index contributed by atoms with van der Waals surface area (Å²) in [6.45, 7) is 2.25. The van der Waals surface area contributed by atoms with Gasteiger partial charge in [0.05, 0.1) is 0 Å². The fraction of sp³-hybridized carbons (Fsp3) is 1.00. The Morgan fingerprint density at radius 3 is 2.50 bits per heavy atom. The van der Waals surface area contributed by atoms with E-state index < -0.39 is 0 Å². The van der Waals surface area contributed by atoms with E-state index in [0.29, 0.717) is 0 Å². The van der Waals surface area contributed by atoms with Crippen LogP contribution >= 0.6 is 11.6 Å². The summed E-state index contributed by atoms with van der Waals surface area (Å²) in [6.07, 6.45) is 9.98. The molecule has 0 bridgehead atoms. The molecule has 0 heterocycles. The van der Waals surface area contributed by atoms with Crippen molar-refractivity contribution in [1.82, 2.24) is 0 Å². The van der Waals surface area contributed by atoms with Gasteiger partial charge in [0.2, 0.25) is 0 Å². The van der Waals surface area contributed by atoms with E-state index in [1.165, 1.54) is 44.9 Å². The molecular weight excluding hydrogens is 168 g/mol. The van der Waals surface area contributed by atoms with Gasteiger partial charge in [0, 0.05) is 5.88 Å². The first kappa shape index (κ1) is 10.4. The van der Waals surface area contributed by atoms with Crippen LogP contribution in [0.25, 0.3) is 0 Å². The zero-order valence-electron chi connectivity index (χ0n) is 8.19. The van der Waals surface area contributed by atoms with E-state index >= 15 is 0 Å². The lowest BCUT2D eigenvalue weighted by Crippen LogP contribution is -2.03. The third kappa shape index (κ3) is 3.35. The van der Waals surface area contributed by atoms with Gasteiger partial charge in [-0.25, -0.2) is 0 Å². The largest absolute Gasteiger partial charge is 0.126 e. The van der Waals surface area contributed by atoms with Gasteiger partial charge >= 0.3 is 0 Å².